The summed E-state index contributed by atoms with van der Waals surface area (Å²) in [5.41, 5.74) is 5.92. The number of aromatic nitrogens is 4. The van der Waals surface area contributed by atoms with Crippen molar-refractivity contribution < 1.29 is 9.53 Å². The molecule has 1 saturated carbocycles. The molecule has 0 bridgehead atoms. The number of benzene rings is 2. The van der Waals surface area contributed by atoms with Gasteiger partial charge in [-0.1, -0.05) is 12.1 Å². The van der Waals surface area contributed by atoms with Gasteiger partial charge in [-0.3, -0.25) is 9.78 Å². The van der Waals surface area contributed by atoms with E-state index in [-0.39, 0.29) is 5.91 Å². The van der Waals surface area contributed by atoms with Crippen LogP contribution in [0.1, 0.15) is 34.3 Å². The molecule has 196 valence electrons. The highest BCUT2D eigenvalue weighted by atomic mass is 16.5. The molecule has 0 radical (unpaired) electrons. The Morgan fingerprint density at radius 3 is 2.59 bits per heavy atom. The smallest absolute Gasteiger partial charge is 0.252 e. The van der Waals surface area contributed by atoms with E-state index in [1.54, 1.807) is 30.2 Å². The minimum absolute atomic E-state index is 0.0969. The van der Waals surface area contributed by atoms with Crippen LogP contribution in [0.2, 0.25) is 0 Å². The van der Waals surface area contributed by atoms with Crippen molar-refractivity contribution in [3.05, 3.63) is 102 Å². The molecule has 2 aliphatic rings. The van der Waals surface area contributed by atoms with Crippen molar-refractivity contribution >= 4 is 22.5 Å². The Hall–Kier alpha value is -4.72. The quantitative estimate of drug-likeness (QED) is 0.347. The van der Waals surface area contributed by atoms with Crippen LogP contribution in [-0.2, 0) is 5.54 Å². The topological polar surface area (TPSA) is 84.6 Å². The molecule has 1 amide bonds. The highest BCUT2D eigenvalue weighted by molar-refractivity contribution is 5.98. The second kappa shape index (κ2) is 9.87. The van der Waals surface area contributed by atoms with E-state index in [0.717, 1.165) is 58.2 Å². The summed E-state index contributed by atoms with van der Waals surface area (Å²) in [5.74, 6) is 0.570. The van der Waals surface area contributed by atoms with Gasteiger partial charge < -0.3 is 15.0 Å². The fourth-order valence-electron chi connectivity index (χ4n) is 4.89. The number of amides is 1. The van der Waals surface area contributed by atoms with Gasteiger partial charge in [0, 0.05) is 42.5 Å². The average Bonchev–Trinajstić information content (AvgIpc) is 3.56. The molecule has 8 heteroatoms. The third-order valence-corrected chi connectivity index (χ3v) is 7.39. The van der Waals surface area contributed by atoms with Crippen LogP contribution in [0.3, 0.4) is 0 Å². The lowest BCUT2D eigenvalue weighted by molar-refractivity contribution is 0.0930. The predicted molar refractivity (Wildman–Crippen MR) is 152 cm³/mol. The molecule has 1 N–H and O–H groups in total. The maximum Gasteiger partial charge on any atom is 0.252 e. The Labute approximate surface area is 227 Å². The van der Waals surface area contributed by atoms with Crippen LogP contribution in [-0.4, -0.2) is 51.1 Å². The van der Waals surface area contributed by atoms with E-state index < -0.39 is 5.54 Å². The summed E-state index contributed by atoms with van der Waals surface area (Å²) in [4.78, 5) is 24.4. The minimum atomic E-state index is -0.429. The Bertz CT molecular complexity index is 1720. The van der Waals surface area contributed by atoms with Crippen LogP contribution in [0.15, 0.2) is 85.6 Å². The molecule has 1 fully saturated rings. The first-order valence-electron chi connectivity index (χ1n) is 13.0. The SMILES string of the molecule is CN1C=CC1.COc1ccc(C)c(C(=O)NC2(c3cc(-c4ccc5ncnn5c4)cc4ncccc34)CC2)c1. The molecule has 7 rings (SSSR count). The van der Waals surface area contributed by atoms with Gasteiger partial charge in [0.2, 0.25) is 0 Å². The molecule has 1 aliphatic carbocycles. The van der Waals surface area contributed by atoms with Gasteiger partial charge in [-0.2, -0.15) is 5.10 Å². The summed E-state index contributed by atoms with van der Waals surface area (Å²) in [5, 5.41) is 8.66. The maximum atomic E-state index is 13.4. The number of nitrogens with zero attached hydrogens (tertiary/aromatic N) is 5. The molecule has 0 spiro atoms. The highest BCUT2D eigenvalue weighted by Gasteiger charge is 2.47. The predicted octanol–water partition coefficient (Wildman–Crippen LogP) is 5.13. The summed E-state index contributed by atoms with van der Waals surface area (Å²) in [7, 11) is 3.66. The van der Waals surface area contributed by atoms with Crippen molar-refractivity contribution in [2.24, 2.45) is 0 Å². The van der Waals surface area contributed by atoms with Gasteiger partial charge in [-0.15, -0.1) is 0 Å². The summed E-state index contributed by atoms with van der Waals surface area (Å²) < 4.78 is 7.10. The summed E-state index contributed by atoms with van der Waals surface area (Å²) in [6, 6.07) is 17.8. The lowest BCUT2D eigenvalue weighted by atomic mass is 9.93. The Kier molecular flexibility index (Phi) is 6.23. The van der Waals surface area contributed by atoms with Gasteiger partial charge in [-0.05, 0) is 91.2 Å². The van der Waals surface area contributed by atoms with E-state index in [9.17, 15) is 4.79 Å². The van der Waals surface area contributed by atoms with Gasteiger partial charge in [0.1, 0.15) is 12.1 Å². The third kappa shape index (κ3) is 4.81. The lowest BCUT2D eigenvalue weighted by Crippen LogP contribution is -2.35. The van der Waals surface area contributed by atoms with E-state index >= 15 is 0 Å². The van der Waals surface area contributed by atoms with Crippen molar-refractivity contribution in [2.75, 3.05) is 20.7 Å². The second-order valence-electron chi connectivity index (χ2n) is 10.1. The van der Waals surface area contributed by atoms with E-state index in [1.165, 1.54) is 0 Å². The number of hydrogen-bond donors (Lipinski definition) is 1. The average molecular weight is 519 g/mol. The number of ether oxygens (including phenoxy) is 1. The van der Waals surface area contributed by atoms with E-state index in [2.05, 4.69) is 62.8 Å². The first kappa shape index (κ1) is 24.6. The zero-order chi connectivity index (χ0) is 27.0. The lowest BCUT2D eigenvalue weighted by Gasteiger charge is -2.22. The van der Waals surface area contributed by atoms with Gasteiger partial charge in [0.15, 0.2) is 5.65 Å². The van der Waals surface area contributed by atoms with Crippen molar-refractivity contribution in [3.8, 4) is 16.9 Å². The number of rotatable bonds is 5. The summed E-state index contributed by atoms with van der Waals surface area (Å²) in [6.45, 7) is 3.08. The molecule has 3 aromatic heterocycles. The normalized spacial score (nSPS) is 14.9. The standard InChI is InChI=1S/C27H23N5O2.C4H7N/c1-17-5-7-20(34-2)14-22(17)26(33)31-27(9-10-27)23-12-19(13-24-21(23)4-3-11-28-24)18-6-8-25-29-16-30-32(25)15-18;1-5-3-2-4-5/h3-8,11-16H,9-10H2,1-2H3,(H,31,33);2-3H,4H2,1H3. The number of pyridine rings is 2. The molecule has 2 aromatic carbocycles. The van der Waals surface area contributed by atoms with Gasteiger partial charge in [0.25, 0.3) is 5.91 Å². The first-order chi connectivity index (χ1) is 19.0. The van der Waals surface area contributed by atoms with Crippen molar-refractivity contribution in [1.82, 2.24) is 29.8 Å². The van der Waals surface area contributed by atoms with Gasteiger partial charge in [0.05, 0.1) is 18.2 Å². The first-order valence-corrected chi connectivity index (χ1v) is 13.0. The van der Waals surface area contributed by atoms with Crippen LogP contribution in [0, 0.1) is 6.92 Å². The van der Waals surface area contributed by atoms with Crippen LogP contribution < -0.4 is 10.1 Å². The van der Waals surface area contributed by atoms with Crippen molar-refractivity contribution in [1.29, 1.82) is 0 Å². The van der Waals surface area contributed by atoms with Crippen LogP contribution in [0.5, 0.6) is 5.75 Å². The van der Waals surface area contributed by atoms with Crippen LogP contribution >= 0.6 is 0 Å². The van der Waals surface area contributed by atoms with Crippen molar-refractivity contribution in [2.45, 2.75) is 25.3 Å². The van der Waals surface area contributed by atoms with Crippen LogP contribution in [0.4, 0.5) is 0 Å². The Morgan fingerprint density at radius 1 is 1.05 bits per heavy atom. The molecule has 0 saturated heterocycles. The summed E-state index contributed by atoms with van der Waals surface area (Å²) >= 11 is 0. The number of likely N-dealkylation sites (N-methyl/N-ethyl adjacent to an activating group) is 1. The zero-order valence-electron chi connectivity index (χ0n) is 22.3. The van der Waals surface area contributed by atoms with Crippen LogP contribution in [0.25, 0.3) is 27.7 Å². The molecule has 0 unspecified atom stereocenters. The number of carbonyl (C=O) groups excluding carboxylic acids is 1. The zero-order valence-corrected chi connectivity index (χ0v) is 22.3. The highest BCUT2D eigenvalue weighted by Crippen LogP contribution is 2.49. The van der Waals surface area contributed by atoms with E-state index in [1.807, 2.05) is 43.5 Å². The fourth-order valence-corrected chi connectivity index (χ4v) is 4.89. The number of aryl methyl sites for hydroxylation is 1. The number of carbonyl (C=O) groups is 1. The number of methoxy groups -OCH3 is 1. The largest absolute Gasteiger partial charge is 0.497 e. The third-order valence-electron chi connectivity index (χ3n) is 7.39. The van der Waals surface area contributed by atoms with Gasteiger partial charge >= 0.3 is 0 Å². The number of nitrogens with one attached hydrogen (secondary N) is 1. The Morgan fingerprint density at radius 2 is 1.87 bits per heavy atom. The summed E-state index contributed by atoms with van der Waals surface area (Å²) in [6.07, 6.45) is 11.2. The molecule has 39 heavy (non-hydrogen) atoms. The van der Waals surface area contributed by atoms with Gasteiger partial charge in [-0.25, -0.2) is 9.50 Å². The maximum absolute atomic E-state index is 13.4. The Balaban J connectivity index is 0.000000500. The molecular weight excluding hydrogens is 488 g/mol. The monoisotopic (exact) mass is 518 g/mol. The molecular formula is C31H30N6O2. The molecule has 8 nitrogen and oxygen atoms in total. The van der Waals surface area contributed by atoms with E-state index in [4.69, 9.17) is 4.74 Å². The number of fused-ring (bicyclic) bond motifs is 2. The molecule has 1 aliphatic heterocycles. The second-order valence-corrected chi connectivity index (χ2v) is 10.1. The molecule has 4 heterocycles. The minimum Gasteiger partial charge on any atom is -0.497 e. The van der Waals surface area contributed by atoms with Crippen molar-refractivity contribution in [3.63, 3.8) is 0 Å². The fraction of sp³-hybridized carbons (Fsp3) is 0.226. The molecule has 0 atom stereocenters. The number of hydrogen-bond acceptors (Lipinski definition) is 6. The molecule has 5 aromatic rings. The van der Waals surface area contributed by atoms with E-state index in [0.29, 0.717) is 11.3 Å².